The highest BCUT2D eigenvalue weighted by molar-refractivity contribution is 5.97. The Balaban J connectivity index is 1.66. The average Bonchev–Trinajstić information content (AvgIpc) is 2.68. The van der Waals surface area contributed by atoms with Crippen LogP contribution in [0.4, 0.5) is 5.69 Å². The molecule has 0 aliphatic rings. The van der Waals surface area contributed by atoms with Crippen molar-refractivity contribution in [1.82, 2.24) is 0 Å². The van der Waals surface area contributed by atoms with Gasteiger partial charge in [0.15, 0.2) is 5.84 Å². The lowest BCUT2D eigenvalue weighted by atomic mass is 10.0. The van der Waals surface area contributed by atoms with Gasteiger partial charge in [-0.1, -0.05) is 66.7 Å². The summed E-state index contributed by atoms with van der Waals surface area (Å²) in [5.41, 5.74) is 5.34. The zero-order valence-electron chi connectivity index (χ0n) is 14.1. The van der Waals surface area contributed by atoms with Crippen molar-refractivity contribution < 1.29 is 0 Å². The Bertz CT molecular complexity index is 868. The van der Waals surface area contributed by atoms with Gasteiger partial charge in [0, 0.05) is 24.8 Å². The first-order valence-corrected chi connectivity index (χ1v) is 8.13. The third kappa shape index (κ3) is 4.38. The van der Waals surface area contributed by atoms with Crippen LogP contribution in [0, 0.1) is 5.41 Å². The summed E-state index contributed by atoms with van der Waals surface area (Å²) in [6.07, 6.45) is 0. The van der Waals surface area contributed by atoms with Crippen LogP contribution in [-0.2, 0) is 6.54 Å². The summed E-state index contributed by atoms with van der Waals surface area (Å²) < 4.78 is 0. The van der Waals surface area contributed by atoms with E-state index >= 15 is 0 Å². The number of hydrogen-bond donors (Lipinski definition) is 2. The van der Waals surface area contributed by atoms with Crippen LogP contribution < -0.4 is 5.32 Å². The van der Waals surface area contributed by atoms with Crippen LogP contribution in [0.5, 0.6) is 0 Å². The van der Waals surface area contributed by atoms with E-state index in [9.17, 15) is 0 Å². The molecule has 0 radical (unpaired) electrons. The molecule has 0 saturated carbocycles. The summed E-state index contributed by atoms with van der Waals surface area (Å²) in [6.45, 7) is 0.723. The van der Waals surface area contributed by atoms with E-state index in [0.29, 0.717) is 0 Å². The fourth-order valence-electron chi connectivity index (χ4n) is 2.58. The molecule has 3 aromatic rings. The van der Waals surface area contributed by atoms with Crippen molar-refractivity contribution in [3.63, 3.8) is 0 Å². The number of azo groups is 1. The standard InChI is InChI=1S/C21H20N4/c1-23-25-21(22)19-8-5-9-20(14-19)24-15-16-10-12-18(13-11-16)17-6-3-2-4-7-17/h2-14,22,24H,15H2,1H3/b22-21?,25-23-. The van der Waals surface area contributed by atoms with Gasteiger partial charge in [0.05, 0.1) is 0 Å². The van der Waals surface area contributed by atoms with Crippen LogP contribution in [0.2, 0.25) is 0 Å². The molecule has 0 aliphatic carbocycles. The highest BCUT2D eigenvalue weighted by Crippen LogP contribution is 2.20. The van der Waals surface area contributed by atoms with Crippen LogP contribution in [-0.4, -0.2) is 12.9 Å². The second kappa shape index (κ2) is 8.02. The topological polar surface area (TPSA) is 60.6 Å². The third-order valence-corrected chi connectivity index (χ3v) is 3.89. The predicted molar refractivity (Wildman–Crippen MR) is 103 cm³/mol. The first-order valence-electron chi connectivity index (χ1n) is 8.13. The Morgan fingerprint density at radius 3 is 2.32 bits per heavy atom. The van der Waals surface area contributed by atoms with Gasteiger partial charge >= 0.3 is 0 Å². The van der Waals surface area contributed by atoms with E-state index in [-0.39, 0.29) is 5.84 Å². The minimum Gasteiger partial charge on any atom is -0.381 e. The lowest BCUT2D eigenvalue weighted by Gasteiger charge is -2.09. The van der Waals surface area contributed by atoms with Crippen molar-refractivity contribution in [3.8, 4) is 11.1 Å². The van der Waals surface area contributed by atoms with Gasteiger partial charge in [0.2, 0.25) is 0 Å². The molecular formula is C21H20N4. The molecule has 124 valence electrons. The normalized spacial score (nSPS) is 10.8. The minimum atomic E-state index is 0.165. The van der Waals surface area contributed by atoms with E-state index in [1.165, 1.54) is 16.7 Å². The number of nitrogens with zero attached hydrogens (tertiary/aromatic N) is 2. The van der Waals surface area contributed by atoms with Gasteiger partial charge < -0.3 is 5.32 Å². The van der Waals surface area contributed by atoms with Gasteiger partial charge in [-0.25, -0.2) is 0 Å². The molecule has 4 nitrogen and oxygen atoms in total. The summed E-state index contributed by atoms with van der Waals surface area (Å²) in [7, 11) is 1.57. The van der Waals surface area contributed by atoms with E-state index in [0.717, 1.165) is 17.8 Å². The lowest BCUT2D eigenvalue weighted by molar-refractivity contribution is 1.15. The third-order valence-electron chi connectivity index (χ3n) is 3.89. The van der Waals surface area contributed by atoms with Crippen LogP contribution in [0.15, 0.2) is 89.1 Å². The van der Waals surface area contributed by atoms with Crippen molar-refractivity contribution in [2.45, 2.75) is 6.54 Å². The van der Waals surface area contributed by atoms with Crippen molar-refractivity contribution >= 4 is 11.5 Å². The van der Waals surface area contributed by atoms with Crippen molar-refractivity contribution in [2.24, 2.45) is 10.2 Å². The average molecular weight is 328 g/mol. The monoisotopic (exact) mass is 328 g/mol. The van der Waals surface area contributed by atoms with E-state index in [2.05, 4.69) is 51.9 Å². The molecule has 4 heteroatoms. The molecular weight excluding hydrogens is 308 g/mol. The Hall–Kier alpha value is -3.27. The first-order chi connectivity index (χ1) is 12.3. The van der Waals surface area contributed by atoms with Gasteiger partial charge in [0.1, 0.15) is 0 Å². The smallest absolute Gasteiger partial charge is 0.173 e. The van der Waals surface area contributed by atoms with Gasteiger partial charge in [-0.15, -0.1) is 5.11 Å². The molecule has 3 aromatic carbocycles. The maximum atomic E-state index is 7.84. The van der Waals surface area contributed by atoms with Gasteiger partial charge in [-0.3, -0.25) is 5.41 Å². The summed E-state index contributed by atoms with van der Waals surface area (Å²) in [5, 5.41) is 18.7. The predicted octanol–water partition coefficient (Wildman–Crippen LogP) is 5.37. The number of benzene rings is 3. The van der Waals surface area contributed by atoms with E-state index < -0.39 is 0 Å². The number of anilines is 1. The van der Waals surface area contributed by atoms with Crippen molar-refractivity contribution in [2.75, 3.05) is 12.4 Å². The van der Waals surface area contributed by atoms with Gasteiger partial charge in [-0.2, -0.15) is 5.11 Å². The second-order valence-corrected chi connectivity index (χ2v) is 5.65. The fraction of sp³-hybridized carbons (Fsp3) is 0.0952. The summed E-state index contributed by atoms with van der Waals surface area (Å²) in [6, 6.07) is 26.6. The highest BCUT2D eigenvalue weighted by atomic mass is 15.1. The molecule has 3 rings (SSSR count). The number of hydrogen-bond acceptors (Lipinski definition) is 3. The fourth-order valence-corrected chi connectivity index (χ4v) is 2.58. The van der Waals surface area contributed by atoms with Gasteiger partial charge in [0.25, 0.3) is 0 Å². The molecule has 0 unspecified atom stereocenters. The SMILES string of the molecule is C/N=N\C(=N)c1cccc(NCc2ccc(-c3ccccc3)cc2)c1. The number of rotatable bonds is 5. The van der Waals surface area contributed by atoms with Crippen LogP contribution in [0.25, 0.3) is 11.1 Å². The quantitative estimate of drug-likeness (QED) is 0.369. The molecule has 0 aromatic heterocycles. The molecule has 0 atom stereocenters. The molecule has 0 heterocycles. The Kier molecular flexibility index (Phi) is 5.32. The zero-order valence-corrected chi connectivity index (χ0v) is 14.1. The Morgan fingerprint density at radius 1 is 0.880 bits per heavy atom. The maximum Gasteiger partial charge on any atom is 0.173 e. The first kappa shape index (κ1) is 16.6. The summed E-state index contributed by atoms with van der Waals surface area (Å²) in [5.74, 6) is 0.165. The van der Waals surface area contributed by atoms with E-state index in [4.69, 9.17) is 5.41 Å². The largest absolute Gasteiger partial charge is 0.381 e. The summed E-state index contributed by atoms with van der Waals surface area (Å²) >= 11 is 0. The molecule has 0 spiro atoms. The van der Waals surface area contributed by atoms with Crippen LogP contribution >= 0.6 is 0 Å². The van der Waals surface area contributed by atoms with Crippen molar-refractivity contribution in [3.05, 3.63) is 90.0 Å². The molecule has 0 fully saturated rings. The molecule has 0 bridgehead atoms. The molecule has 2 N–H and O–H groups in total. The molecule has 25 heavy (non-hydrogen) atoms. The zero-order chi connectivity index (χ0) is 17.5. The Labute approximate surface area is 147 Å². The number of nitrogens with one attached hydrogen (secondary N) is 2. The maximum absolute atomic E-state index is 7.84. The number of amidine groups is 1. The van der Waals surface area contributed by atoms with Gasteiger partial charge in [-0.05, 0) is 28.8 Å². The Morgan fingerprint density at radius 2 is 1.60 bits per heavy atom. The molecule has 0 saturated heterocycles. The highest BCUT2D eigenvalue weighted by Gasteiger charge is 2.02. The summed E-state index contributed by atoms with van der Waals surface area (Å²) in [4.78, 5) is 0. The second-order valence-electron chi connectivity index (χ2n) is 5.65. The van der Waals surface area contributed by atoms with E-state index in [1.54, 1.807) is 7.05 Å². The molecule has 0 aliphatic heterocycles. The van der Waals surface area contributed by atoms with Crippen LogP contribution in [0.1, 0.15) is 11.1 Å². The van der Waals surface area contributed by atoms with E-state index in [1.807, 2.05) is 42.5 Å². The molecule has 0 amide bonds. The minimum absolute atomic E-state index is 0.165. The lowest BCUT2D eigenvalue weighted by Crippen LogP contribution is -2.01. The van der Waals surface area contributed by atoms with Crippen molar-refractivity contribution in [1.29, 1.82) is 5.41 Å². The van der Waals surface area contributed by atoms with Crippen LogP contribution in [0.3, 0.4) is 0 Å².